The number of carbonyl (C=O) groups is 1. The van der Waals surface area contributed by atoms with Crippen molar-refractivity contribution in [2.45, 2.75) is 5.56 Å². The molecular formula is C4HCl3O2. The first-order valence-corrected chi connectivity index (χ1v) is 3.22. The number of halogens is 3. The molecule has 0 unspecified atom stereocenters. The Hall–Kier alpha value is 0.0800. The zero-order valence-electron chi connectivity index (χ0n) is 4.03. The van der Waals surface area contributed by atoms with Crippen LogP contribution < -0.4 is 0 Å². The summed E-state index contributed by atoms with van der Waals surface area (Å²) < 4.78 is 4.37. The Balaban J connectivity index is 2.92. The van der Waals surface area contributed by atoms with Crippen LogP contribution in [-0.2, 0) is 9.53 Å². The molecule has 5 heteroatoms. The van der Waals surface area contributed by atoms with Gasteiger partial charge in [-0.1, -0.05) is 34.8 Å². The summed E-state index contributed by atoms with van der Waals surface area (Å²) in [6.07, 6.45) is 0. The van der Waals surface area contributed by atoms with E-state index >= 15 is 0 Å². The van der Waals surface area contributed by atoms with Gasteiger partial charge in [0.1, 0.15) is 5.03 Å². The van der Waals surface area contributed by atoms with E-state index in [1.165, 1.54) is 0 Å². The number of ether oxygens (including phenoxy) is 1. The predicted molar refractivity (Wildman–Crippen MR) is 34.5 cm³/mol. The van der Waals surface area contributed by atoms with Crippen molar-refractivity contribution in [1.29, 1.82) is 0 Å². The highest BCUT2D eigenvalue weighted by atomic mass is 35.5. The van der Waals surface area contributed by atoms with E-state index in [4.69, 9.17) is 34.8 Å². The van der Waals surface area contributed by atoms with Crippen LogP contribution in [0.4, 0.5) is 0 Å². The van der Waals surface area contributed by atoms with Crippen LogP contribution >= 0.6 is 34.8 Å². The van der Waals surface area contributed by atoms with Gasteiger partial charge in [0.2, 0.25) is 5.56 Å². The van der Waals surface area contributed by atoms with E-state index in [1.807, 2.05) is 0 Å². The topological polar surface area (TPSA) is 26.3 Å². The van der Waals surface area contributed by atoms with Crippen LogP contribution in [0.25, 0.3) is 0 Å². The minimum absolute atomic E-state index is 0.0586. The van der Waals surface area contributed by atoms with Crippen molar-refractivity contribution in [2.75, 3.05) is 0 Å². The normalized spacial score (nSPS) is 27.0. The molecule has 0 bridgehead atoms. The van der Waals surface area contributed by atoms with E-state index in [9.17, 15) is 4.79 Å². The maximum absolute atomic E-state index is 10.4. The third-order valence-electron chi connectivity index (χ3n) is 0.799. The molecule has 0 amide bonds. The van der Waals surface area contributed by atoms with Gasteiger partial charge >= 0.3 is 5.97 Å². The molecule has 2 nitrogen and oxygen atoms in total. The van der Waals surface area contributed by atoms with Crippen LogP contribution in [0, 0.1) is 0 Å². The molecule has 0 spiro atoms. The Kier molecular flexibility index (Phi) is 1.89. The quantitative estimate of drug-likeness (QED) is 0.427. The highest BCUT2D eigenvalue weighted by Gasteiger charge is 2.29. The van der Waals surface area contributed by atoms with Crippen LogP contribution in [0.5, 0.6) is 0 Å². The first kappa shape index (κ1) is 7.19. The molecule has 1 atom stereocenters. The van der Waals surface area contributed by atoms with E-state index < -0.39 is 11.5 Å². The number of rotatable bonds is 0. The Bertz CT molecular complexity index is 186. The number of hydrogen-bond donors (Lipinski definition) is 0. The Morgan fingerprint density at radius 2 is 2.00 bits per heavy atom. The third kappa shape index (κ3) is 1.16. The fourth-order valence-electron chi connectivity index (χ4n) is 0.395. The summed E-state index contributed by atoms with van der Waals surface area (Å²) in [7, 11) is 0. The molecule has 0 saturated heterocycles. The molecule has 9 heavy (non-hydrogen) atoms. The van der Waals surface area contributed by atoms with Crippen molar-refractivity contribution in [3.8, 4) is 0 Å². The van der Waals surface area contributed by atoms with Crippen molar-refractivity contribution in [1.82, 2.24) is 0 Å². The molecule has 1 heterocycles. The lowest BCUT2D eigenvalue weighted by molar-refractivity contribution is -0.136. The number of carbonyl (C=O) groups excluding carboxylic acids is 1. The van der Waals surface area contributed by atoms with Crippen LogP contribution in [0.1, 0.15) is 0 Å². The van der Waals surface area contributed by atoms with Crippen molar-refractivity contribution >= 4 is 40.8 Å². The fourth-order valence-corrected chi connectivity index (χ4v) is 0.906. The van der Waals surface area contributed by atoms with Gasteiger partial charge in [0, 0.05) is 0 Å². The Morgan fingerprint density at radius 1 is 1.44 bits per heavy atom. The number of hydrogen-bond acceptors (Lipinski definition) is 2. The van der Waals surface area contributed by atoms with Gasteiger partial charge in [-0.2, -0.15) is 0 Å². The number of esters is 1. The van der Waals surface area contributed by atoms with E-state index in [2.05, 4.69) is 4.74 Å². The SMILES string of the molecule is O=C1O[C@H](Cl)C(Cl)=C1Cl. The summed E-state index contributed by atoms with van der Waals surface area (Å²) >= 11 is 16.0. The second kappa shape index (κ2) is 2.37. The van der Waals surface area contributed by atoms with Crippen LogP contribution in [-0.4, -0.2) is 11.5 Å². The van der Waals surface area contributed by atoms with E-state index in [0.29, 0.717) is 0 Å². The Labute approximate surface area is 66.3 Å². The summed E-state index contributed by atoms with van der Waals surface area (Å²) in [6, 6.07) is 0. The van der Waals surface area contributed by atoms with Gasteiger partial charge < -0.3 is 4.74 Å². The molecule has 0 N–H and O–H groups in total. The van der Waals surface area contributed by atoms with E-state index in [-0.39, 0.29) is 10.1 Å². The second-order valence-electron chi connectivity index (χ2n) is 1.38. The molecule has 1 rings (SSSR count). The summed E-state index contributed by atoms with van der Waals surface area (Å²) in [5.74, 6) is -0.665. The maximum Gasteiger partial charge on any atom is 0.352 e. The lowest BCUT2D eigenvalue weighted by Crippen LogP contribution is -2.00. The average molecular weight is 187 g/mol. The van der Waals surface area contributed by atoms with Crippen molar-refractivity contribution in [2.24, 2.45) is 0 Å². The van der Waals surface area contributed by atoms with Gasteiger partial charge in [0.15, 0.2) is 0 Å². The standard InChI is InChI=1S/C4HCl3O2/c5-1-2(6)4(8)9-3(1)7/h3H/t3-/m0/s1. The highest BCUT2D eigenvalue weighted by molar-refractivity contribution is 6.51. The molecule has 0 aromatic carbocycles. The molecule has 0 saturated carbocycles. The number of alkyl halides is 1. The van der Waals surface area contributed by atoms with Crippen molar-refractivity contribution in [3.63, 3.8) is 0 Å². The first-order chi connectivity index (χ1) is 4.13. The van der Waals surface area contributed by atoms with Crippen molar-refractivity contribution < 1.29 is 9.53 Å². The van der Waals surface area contributed by atoms with Crippen LogP contribution in [0.15, 0.2) is 10.1 Å². The molecule has 0 radical (unpaired) electrons. The molecule has 0 aliphatic carbocycles. The Morgan fingerprint density at radius 3 is 2.11 bits per heavy atom. The van der Waals surface area contributed by atoms with Gasteiger partial charge in [-0.25, -0.2) is 4.79 Å². The molecule has 1 aliphatic heterocycles. The van der Waals surface area contributed by atoms with Gasteiger partial charge in [-0.15, -0.1) is 0 Å². The van der Waals surface area contributed by atoms with Crippen LogP contribution in [0.3, 0.4) is 0 Å². The van der Waals surface area contributed by atoms with E-state index in [0.717, 1.165) is 0 Å². The minimum Gasteiger partial charge on any atom is -0.436 e. The smallest absolute Gasteiger partial charge is 0.352 e. The van der Waals surface area contributed by atoms with E-state index in [1.54, 1.807) is 0 Å². The minimum atomic E-state index is -0.897. The maximum atomic E-state index is 10.4. The third-order valence-corrected chi connectivity index (χ3v) is 2.06. The van der Waals surface area contributed by atoms with Gasteiger partial charge in [0.05, 0.1) is 5.03 Å². The monoisotopic (exact) mass is 186 g/mol. The first-order valence-electron chi connectivity index (χ1n) is 2.03. The summed E-state index contributed by atoms with van der Waals surface area (Å²) in [5.41, 5.74) is -0.897. The second-order valence-corrected chi connectivity index (χ2v) is 2.56. The molecule has 0 fully saturated rings. The summed E-state index contributed by atoms with van der Waals surface area (Å²) in [5, 5.41) is -0.0694. The molecule has 0 aromatic heterocycles. The van der Waals surface area contributed by atoms with Gasteiger partial charge in [0.25, 0.3) is 0 Å². The lowest BCUT2D eigenvalue weighted by Gasteiger charge is -1.95. The zero-order chi connectivity index (χ0) is 7.02. The molecule has 50 valence electrons. The summed E-state index contributed by atoms with van der Waals surface area (Å²) in [6.45, 7) is 0. The fraction of sp³-hybridized carbons (Fsp3) is 0.250. The predicted octanol–water partition coefficient (Wildman–Crippen LogP) is 1.80. The van der Waals surface area contributed by atoms with Gasteiger partial charge in [-0.3, -0.25) is 0 Å². The highest BCUT2D eigenvalue weighted by Crippen LogP contribution is 2.30. The number of cyclic esters (lactones) is 1. The summed E-state index contributed by atoms with van der Waals surface area (Å²) in [4.78, 5) is 10.4. The average Bonchev–Trinajstić information content (AvgIpc) is 1.98. The molecule has 1 aliphatic rings. The van der Waals surface area contributed by atoms with Crippen molar-refractivity contribution in [3.05, 3.63) is 10.1 Å². The largest absolute Gasteiger partial charge is 0.436 e. The lowest BCUT2D eigenvalue weighted by atomic mass is 10.5. The molecular weight excluding hydrogens is 186 g/mol. The zero-order valence-corrected chi connectivity index (χ0v) is 6.30. The van der Waals surface area contributed by atoms with Gasteiger partial charge in [-0.05, 0) is 0 Å². The molecule has 0 aromatic rings. The van der Waals surface area contributed by atoms with Crippen LogP contribution in [0.2, 0.25) is 0 Å².